The van der Waals surface area contributed by atoms with Gasteiger partial charge in [-0.25, -0.2) is 4.79 Å². The predicted octanol–water partition coefficient (Wildman–Crippen LogP) is 2.94. The summed E-state index contributed by atoms with van der Waals surface area (Å²) in [6.45, 7) is 7.17. The summed E-state index contributed by atoms with van der Waals surface area (Å²) >= 11 is 0. The average molecular weight is 228 g/mol. The van der Waals surface area contributed by atoms with E-state index in [0.717, 1.165) is 5.92 Å². The number of carboxylic acid groups (broad SMARTS) is 1. The monoisotopic (exact) mass is 228 g/mol. The lowest BCUT2D eigenvalue weighted by Crippen LogP contribution is -2.37. The minimum Gasteiger partial charge on any atom is -0.480 e. The van der Waals surface area contributed by atoms with E-state index in [2.05, 4.69) is 20.8 Å². The highest BCUT2D eigenvalue weighted by Crippen LogP contribution is 2.44. The Morgan fingerprint density at radius 3 is 2.75 bits per heavy atom. The zero-order chi connectivity index (χ0) is 12.2. The second kappa shape index (κ2) is 5.67. The summed E-state index contributed by atoms with van der Waals surface area (Å²) in [6.07, 6.45) is 4.89. The highest BCUT2D eigenvalue weighted by molar-refractivity contribution is 5.67. The fourth-order valence-corrected chi connectivity index (χ4v) is 2.86. The fraction of sp³-hybridized carbons (Fsp3) is 0.923. The smallest absolute Gasteiger partial charge is 0.329 e. The van der Waals surface area contributed by atoms with Gasteiger partial charge in [0.05, 0.1) is 6.61 Å². The number of carboxylic acids is 1. The van der Waals surface area contributed by atoms with E-state index in [1.165, 1.54) is 25.7 Å². The van der Waals surface area contributed by atoms with Gasteiger partial charge in [-0.1, -0.05) is 33.6 Å². The molecule has 0 aromatic rings. The maximum absolute atomic E-state index is 10.5. The van der Waals surface area contributed by atoms with E-state index in [1.807, 2.05) is 0 Å². The van der Waals surface area contributed by atoms with Gasteiger partial charge in [0.1, 0.15) is 6.61 Å². The van der Waals surface area contributed by atoms with Crippen molar-refractivity contribution in [3.63, 3.8) is 0 Å². The summed E-state index contributed by atoms with van der Waals surface area (Å²) in [6, 6.07) is 0. The second-order valence-electron chi connectivity index (χ2n) is 5.61. The summed E-state index contributed by atoms with van der Waals surface area (Å²) < 4.78 is 5.35. The van der Waals surface area contributed by atoms with Crippen LogP contribution in [-0.2, 0) is 9.53 Å². The number of aliphatic carboxylic acids is 1. The number of rotatable bonds is 5. The van der Waals surface area contributed by atoms with Gasteiger partial charge < -0.3 is 9.84 Å². The van der Waals surface area contributed by atoms with Gasteiger partial charge in [0.25, 0.3) is 0 Å². The summed E-state index contributed by atoms with van der Waals surface area (Å²) in [5, 5.41) is 8.59. The van der Waals surface area contributed by atoms with Gasteiger partial charge in [-0.2, -0.15) is 0 Å². The number of hydrogen-bond donors (Lipinski definition) is 1. The molecule has 0 aromatic carbocycles. The largest absolute Gasteiger partial charge is 0.480 e. The average Bonchev–Trinajstić information content (AvgIpc) is 2.16. The normalized spacial score (nSPS) is 30.6. The molecular formula is C13H24O3. The molecule has 0 unspecified atom stereocenters. The topological polar surface area (TPSA) is 46.5 Å². The van der Waals surface area contributed by atoms with Crippen molar-refractivity contribution in [2.45, 2.75) is 46.5 Å². The molecule has 1 rings (SSSR count). The van der Waals surface area contributed by atoms with E-state index in [9.17, 15) is 4.79 Å². The molecule has 1 fully saturated rings. The Balaban J connectivity index is 2.54. The Morgan fingerprint density at radius 2 is 2.25 bits per heavy atom. The van der Waals surface area contributed by atoms with Crippen LogP contribution in [0.1, 0.15) is 46.5 Å². The molecule has 1 aliphatic rings. The summed E-state index contributed by atoms with van der Waals surface area (Å²) in [7, 11) is 0. The van der Waals surface area contributed by atoms with Gasteiger partial charge in [0, 0.05) is 0 Å². The molecule has 0 amide bonds. The zero-order valence-electron chi connectivity index (χ0n) is 10.7. The third kappa shape index (κ3) is 3.48. The van der Waals surface area contributed by atoms with Crippen molar-refractivity contribution in [1.82, 2.24) is 0 Å². The van der Waals surface area contributed by atoms with Crippen molar-refractivity contribution in [2.75, 3.05) is 13.2 Å². The van der Waals surface area contributed by atoms with Gasteiger partial charge in [0.2, 0.25) is 0 Å². The molecule has 0 aromatic heterocycles. The van der Waals surface area contributed by atoms with E-state index in [0.29, 0.717) is 12.5 Å². The zero-order valence-corrected chi connectivity index (χ0v) is 10.7. The van der Waals surface area contributed by atoms with E-state index >= 15 is 0 Å². The Morgan fingerprint density at radius 1 is 1.56 bits per heavy atom. The van der Waals surface area contributed by atoms with E-state index < -0.39 is 5.97 Å². The van der Waals surface area contributed by atoms with Gasteiger partial charge in [0.15, 0.2) is 0 Å². The first-order valence-corrected chi connectivity index (χ1v) is 6.26. The second-order valence-corrected chi connectivity index (χ2v) is 5.61. The Hall–Kier alpha value is -0.570. The van der Waals surface area contributed by atoms with Crippen molar-refractivity contribution in [1.29, 1.82) is 0 Å². The van der Waals surface area contributed by atoms with Crippen LogP contribution in [-0.4, -0.2) is 24.3 Å². The Bertz CT molecular complexity index is 237. The molecule has 0 spiro atoms. The lowest BCUT2D eigenvalue weighted by atomic mass is 9.64. The quantitative estimate of drug-likeness (QED) is 0.787. The first-order valence-electron chi connectivity index (χ1n) is 6.26. The van der Waals surface area contributed by atoms with Gasteiger partial charge >= 0.3 is 5.97 Å². The summed E-state index contributed by atoms with van der Waals surface area (Å²) in [5.74, 6) is 0.427. The van der Waals surface area contributed by atoms with Crippen molar-refractivity contribution >= 4 is 5.97 Å². The first-order chi connectivity index (χ1) is 7.46. The maximum atomic E-state index is 10.5. The molecule has 2 atom stereocenters. The summed E-state index contributed by atoms with van der Waals surface area (Å²) in [4.78, 5) is 10.5. The van der Waals surface area contributed by atoms with Crippen LogP contribution in [0, 0.1) is 17.3 Å². The lowest BCUT2D eigenvalue weighted by molar-refractivity contribution is -0.144. The molecule has 94 valence electrons. The van der Waals surface area contributed by atoms with Gasteiger partial charge in [-0.15, -0.1) is 0 Å². The standard InChI is InChI=1S/C13H24O3/c1-10(2)13(9-16-8-12(14)15)6-4-5-11(3)7-13/h10-11H,4-9H2,1-3H3,(H,14,15)/t11-,13+/m1/s1. The molecule has 3 heteroatoms. The minimum atomic E-state index is -0.872. The highest BCUT2D eigenvalue weighted by atomic mass is 16.5. The molecule has 1 aliphatic carbocycles. The molecule has 16 heavy (non-hydrogen) atoms. The number of ether oxygens (including phenoxy) is 1. The molecule has 0 saturated heterocycles. The molecule has 0 radical (unpaired) electrons. The maximum Gasteiger partial charge on any atom is 0.329 e. The van der Waals surface area contributed by atoms with Gasteiger partial charge in [-0.3, -0.25) is 0 Å². The van der Waals surface area contributed by atoms with Crippen LogP contribution < -0.4 is 0 Å². The molecule has 1 saturated carbocycles. The van der Waals surface area contributed by atoms with Crippen LogP contribution in [0.15, 0.2) is 0 Å². The van der Waals surface area contributed by atoms with E-state index in [4.69, 9.17) is 9.84 Å². The SMILES string of the molecule is CC(C)[C@@]1(COCC(=O)O)CCC[C@@H](C)C1. The number of carbonyl (C=O) groups is 1. The predicted molar refractivity (Wildman–Crippen MR) is 63.4 cm³/mol. The van der Waals surface area contributed by atoms with Crippen molar-refractivity contribution in [3.05, 3.63) is 0 Å². The van der Waals surface area contributed by atoms with Crippen LogP contribution >= 0.6 is 0 Å². The Labute approximate surface area is 98.2 Å². The lowest BCUT2D eigenvalue weighted by Gasteiger charge is -2.43. The highest BCUT2D eigenvalue weighted by Gasteiger charge is 2.37. The number of hydrogen-bond acceptors (Lipinski definition) is 2. The van der Waals surface area contributed by atoms with Crippen molar-refractivity contribution in [2.24, 2.45) is 17.3 Å². The molecular weight excluding hydrogens is 204 g/mol. The molecule has 3 nitrogen and oxygen atoms in total. The van der Waals surface area contributed by atoms with Crippen LogP contribution in [0.4, 0.5) is 0 Å². The first kappa shape index (κ1) is 13.5. The molecule has 0 bridgehead atoms. The fourth-order valence-electron chi connectivity index (χ4n) is 2.86. The van der Waals surface area contributed by atoms with Crippen LogP contribution in [0.5, 0.6) is 0 Å². The summed E-state index contributed by atoms with van der Waals surface area (Å²) in [5.41, 5.74) is 0.202. The molecule has 0 aliphatic heterocycles. The van der Waals surface area contributed by atoms with Crippen LogP contribution in [0.3, 0.4) is 0 Å². The third-order valence-electron chi connectivity index (χ3n) is 3.97. The van der Waals surface area contributed by atoms with Gasteiger partial charge in [-0.05, 0) is 30.1 Å². The van der Waals surface area contributed by atoms with E-state index in [-0.39, 0.29) is 12.0 Å². The molecule has 0 heterocycles. The van der Waals surface area contributed by atoms with Crippen molar-refractivity contribution in [3.8, 4) is 0 Å². The van der Waals surface area contributed by atoms with E-state index in [1.54, 1.807) is 0 Å². The molecule has 1 N–H and O–H groups in total. The van der Waals surface area contributed by atoms with Crippen LogP contribution in [0.25, 0.3) is 0 Å². The van der Waals surface area contributed by atoms with Crippen LogP contribution in [0.2, 0.25) is 0 Å². The van der Waals surface area contributed by atoms with Crippen molar-refractivity contribution < 1.29 is 14.6 Å². The third-order valence-corrected chi connectivity index (χ3v) is 3.97. The Kier molecular flexibility index (Phi) is 4.78. The minimum absolute atomic E-state index is 0.164.